The number of piperidine rings is 2. The first-order valence-electron chi connectivity index (χ1n) is 15.7. The standard InChI is InChI=1S/C27H34N4O/c28-22-26(23-10-4-1-5-11-23,24-12-6-2-7-13-24)14-19-30-20-15-27(16-21-30,25(29)32)31-17-8-3-9-18-31/h1-2,4-7,10-13H,3,8-9,14-21H2,(H2,29,32)/i3D2,8D2,9D2,17D2,18D2. The number of nitrogens with two attached hydrogens (primary N) is 1. The van der Waals surface area contributed by atoms with Gasteiger partial charge in [0, 0.05) is 33.3 Å². The van der Waals surface area contributed by atoms with Crippen molar-refractivity contribution in [3.8, 4) is 6.07 Å². The number of carbonyl (C=O) groups is 1. The normalized spacial score (nSPS) is 32.3. The van der Waals surface area contributed by atoms with E-state index in [2.05, 4.69) is 6.07 Å². The van der Waals surface area contributed by atoms with Gasteiger partial charge in [-0.2, -0.15) is 5.26 Å². The summed E-state index contributed by atoms with van der Waals surface area (Å²) in [5.74, 6) is -1.15. The number of benzene rings is 2. The van der Waals surface area contributed by atoms with Crippen molar-refractivity contribution < 1.29 is 18.5 Å². The number of nitriles is 1. The van der Waals surface area contributed by atoms with Crippen LogP contribution in [0.4, 0.5) is 0 Å². The Morgan fingerprint density at radius 2 is 1.53 bits per heavy atom. The summed E-state index contributed by atoms with van der Waals surface area (Å²) in [6, 6.07) is 21.2. The Balaban J connectivity index is 1.65. The summed E-state index contributed by atoms with van der Waals surface area (Å²) in [4.78, 5) is 15.2. The molecule has 2 aliphatic rings. The molecule has 0 bridgehead atoms. The van der Waals surface area contributed by atoms with Crippen LogP contribution in [0.1, 0.15) is 63.2 Å². The lowest BCUT2D eigenvalue weighted by Gasteiger charge is -2.48. The maximum absolute atomic E-state index is 13.0. The van der Waals surface area contributed by atoms with Gasteiger partial charge >= 0.3 is 0 Å². The fraction of sp³-hybridized carbons (Fsp3) is 0.481. The van der Waals surface area contributed by atoms with E-state index in [-0.39, 0.29) is 30.8 Å². The van der Waals surface area contributed by atoms with Gasteiger partial charge in [-0.15, -0.1) is 0 Å². The molecular weight excluding hydrogens is 396 g/mol. The summed E-state index contributed by atoms with van der Waals surface area (Å²) in [5, 5.41) is 10.5. The number of rotatable bonds is 7. The van der Waals surface area contributed by atoms with Crippen molar-refractivity contribution in [3.63, 3.8) is 0 Å². The Hall–Kier alpha value is -2.68. The molecule has 2 saturated heterocycles. The number of hydrogen-bond acceptors (Lipinski definition) is 4. The first kappa shape index (κ1) is 13.1. The molecule has 168 valence electrons. The highest BCUT2D eigenvalue weighted by molar-refractivity contribution is 5.84. The third kappa shape index (κ3) is 4.30. The maximum atomic E-state index is 13.0. The van der Waals surface area contributed by atoms with Crippen LogP contribution in [0, 0.1) is 11.3 Å². The minimum atomic E-state index is -3.58. The SMILES string of the molecule is [2H]C1([2H])N(C2(C(N)=O)CCN(CCC(C#N)(c3ccccc3)c3ccccc3)CC2)C([2H])([2H])C([2H])([2H])C([2H])([2H])C1([2H])[2H]. The third-order valence-corrected chi connectivity index (χ3v) is 6.56. The molecule has 2 aromatic carbocycles. The van der Waals surface area contributed by atoms with Crippen molar-refractivity contribution in [1.82, 2.24) is 9.80 Å². The lowest BCUT2D eigenvalue weighted by atomic mass is 9.73. The second kappa shape index (κ2) is 9.85. The highest BCUT2D eigenvalue weighted by Crippen LogP contribution is 2.37. The van der Waals surface area contributed by atoms with Crippen LogP contribution >= 0.6 is 0 Å². The minimum Gasteiger partial charge on any atom is -0.368 e. The van der Waals surface area contributed by atoms with Crippen molar-refractivity contribution in [1.29, 1.82) is 5.26 Å². The second-order valence-electron chi connectivity index (χ2n) is 8.17. The smallest absolute Gasteiger partial charge is 0.238 e. The molecule has 5 heteroatoms. The first-order valence-corrected chi connectivity index (χ1v) is 10.7. The highest BCUT2D eigenvalue weighted by Gasteiger charge is 2.45. The zero-order valence-electron chi connectivity index (χ0n) is 27.8. The number of hydrogen-bond donors (Lipinski definition) is 1. The van der Waals surface area contributed by atoms with Gasteiger partial charge in [0.05, 0.1) is 6.07 Å². The van der Waals surface area contributed by atoms with Gasteiger partial charge in [0.15, 0.2) is 0 Å². The largest absolute Gasteiger partial charge is 0.368 e. The van der Waals surface area contributed by atoms with E-state index in [9.17, 15) is 10.1 Å². The van der Waals surface area contributed by atoms with E-state index in [0.29, 0.717) is 13.0 Å². The molecule has 5 nitrogen and oxygen atoms in total. The molecular formula is C27H34N4O. The molecule has 0 spiro atoms. The van der Waals surface area contributed by atoms with E-state index in [4.69, 9.17) is 19.4 Å². The average molecular weight is 441 g/mol. The molecule has 2 heterocycles. The number of nitrogens with zero attached hydrogens (tertiary/aromatic N) is 3. The lowest BCUT2D eigenvalue weighted by Crippen LogP contribution is -2.63. The number of likely N-dealkylation sites (tertiary alicyclic amines) is 2. The molecule has 2 aliphatic heterocycles. The molecule has 2 fully saturated rings. The van der Waals surface area contributed by atoms with Crippen molar-refractivity contribution >= 4 is 5.91 Å². The van der Waals surface area contributed by atoms with Crippen LogP contribution in [0.5, 0.6) is 0 Å². The van der Waals surface area contributed by atoms with Gasteiger partial charge in [-0.3, -0.25) is 9.69 Å². The molecule has 2 N–H and O–H groups in total. The van der Waals surface area contributed by atoms with E-state index in [1.165, 1.54) is 0 Å². The summed E-state index contributed by atoms with van der Waals surface area (Å²) in [6.45, 7) is -6.33. The van der Waals surface area contributed by atoms with Crippen LogP contribution in [-0.4, -0.2) is 53.9 Å². The van der Waals surface area contributed by atoms with Gasteiger partial charge in [0.25, 0.3) is 0 Å². The molecule has 0 radical (unpaired) electrons. The Kier molecular flexibility index (Phi) is 4.04. The van der Waals surface area contributed by atoms with Crippen molar-refractivity contribution in [2.75, 3.05) is 32.6 Å². The predicted octanol–water partition coefficient (Wildman–Crippen LogP) is 3.69. The summed E-state index contributed by atoms with van der Waals surface area (Å²) >= 11 is 0. The Morgan fingerprint density at radius 1 is 1.00 bits per heavy atom. The van der Waals surface area contributed by atoms with Crippen molar-refractivity contribution in [2.24, 2.45) is 5.73 Å². The van der Waals surface area contributed by atoms with E-state index in [1.54, 1.807) is 0 Å². The predicted molar refractivity (Wildman–Crippen MR) is 127 cm³/mol. The highest BCUT2D eigenvalue weighted by atomic mass is 16.1. The summed E-state index contributed by atoms with van der Waals surface area (Å²) in [5.41, 5.74) is 4.22. The fourth-order valence-electron chi connectivity index (χ4n) is 4.58. The molecule has 0 saturated carbocycles. The molecule has 0 unspecified atom stereocenters. The topological polar surface area (TPSA) is 73.4 Å². The van der Waals surface area contributed by atoms with E-state index >= 15 is 0 Å². The number of carbonyl (C=O) groups excluding carboxylic acids is 1. The summed E-state index contributed by atoms with van der Waals surface area (Å²) in [7, 11) is 0. The van der Waals surface area contributed by atoms with Gasteiger partial charge in [-0.1, -0.05) is 67.0 Å². The van der Waals surface area contributed by atoms with Crippen LogP contribution < -0.4 is 5.73 Å². The van der Waals surface area contributed by atoms with Crippen LogP contribution in [-0.2, 0) is 10.2 Å². The van der Waals surface area contributed by atoms with Crippen LogP contribution in [0.15, 0.2) is 60.7 Å². The monoisotopic (exact) mass is 440 g/mol. The van der Waals surface area contributed by atoms with E-state index < -0.39 is 49.0 Å². The lowest BCUT2D eigenvalue weighted by molar-refractivity contribution is -0.135. The summed E-state index contributed by atoms with van der Waals surface area (Å²) < 4.78 is 83.5. The Labute approximate surface area is 205 Å². The molecule has 0 aliphatic carbocycles. The fourth-order valence-corrected chi connectivity index (χ4v) is 4.58. The van der Waals surface area contributed by atoms with Crippen molar-refractivity contribution in [2.45, 2.75) is 49.3 Å². The van der Waals surface area contributed by atoms with Gasteiger partial charge < -0.3 is 10.6 Å². The first-order chi connectivity index (χ1) is 19.4. The van der Waals surface area contributed by atoms with E-state index in [1.807, 2.05) is 65.6 Å². The Bertz CT molecular complexity index is 1270. The summed E-state index contributed by atoms with van der Waals surface area (Å²) in [6.07, 6.45) is -10.8. The molecule has 2 aromatic rings. The zero-order chi connectivity index (χ0) is 31.4. The Morgan fingerprint density at radius 3 is 2.00 bits per heavy atom. The molecule has 0 atom stereocenters. The molecule has 1 amide bonds. The van der Waals surface area contributed by atoms with Gasteiger partial charge in [-0.05, 0) is 56.1 Å². The number of amides is 1. The van der Waals surface area contributed by atoms with Crippen LogP contribution in [0.2, 0.25) is 0 Å². The molecule has 4 rings (SSSR count). The van der Waals surface area contributed by atoms with Gasteiger partial charge in [-0.25, -0.2) is 0 Å². The van der Waals surface area contributed by atoms with Crippen LogP contribution in [0.25, 0.3) is 0 Å². The third-order valence-electron chi connectivity index (χ3n) is 6.56. The average Bonchev–Trinajstić information content (AvgIpc) is 2.94. The van der Waals surface area contributed by atoms with Crippen LogP contribution in [0.3, 0.4) is 0 Å². The van der Waals surface area contributed by atoms with E-state index in [0.717, 1.165) is 11.1 Å². The second-order valence-corrected chi connectivity index (χ2v) is 8.17. The molecule has 32 heavy (non-hydrogen) atoms. The maximum Gasteiger partial charge on any atom is 0.238 e. The van der Waals surface area contributed by atoms with Gasteiger partial charge in [0.2, 0.25) is 5.91 Å². The number of primary amides is 1. The minimum absolute atomic E-state index is 0.0928. The van der Waals surface area contributed by atoms with Crippen molar-refractivity contribution in [3.05, 3.63) is 71.8 Å². The van der Waals surface area contributed by atoms with Gasteiger partial charge in [0.1, 0.15) is 11.0 Å². The quantitative estimate of drug-likeness (QED) is 0.713. The zero-order valence-corrected chi connectivity index (χ0v) is 17.8. The molecule has 0 aromatic heterocycles.